The van der Waals surface area contributed by atoms with Crippen LogP contribution < -0.4 is 0 Å². The summed E-state index contributed by atoms with van der Waals surface area (Å²) in [5, 5.41) is 7.46. The van der Waals surface area contributed by atoms with Gasteiger partial charge < -0.3 is 9.42 Å². The molecular formula is C14H12F3N5O2S. The molecule has 0 radical (unpaired) electrons. The topological polar surface area (TPSA) is 77.0 Å². The second-order valence-corrected chi connectivity index (χ2v) is 6.43. The van der Waals surface area contributed by atoms with Crippen molar-refractivity contribution in [1.82, 2.24) is 24.8 Å². The summed E-state index contributed by atoms with van der Waals surface area (Å²) < 4.78 is 43.3. The van der Waals surface area contributed by atoms with Gasteiger partial charge in [0.1, 0.15) is 5.69 Å². The molecule has 7 nitrogen and oxygen atoms in total. The lowest BCUT2D eigenvalue weighted by atomic mass is 10.3. The van der Waals surface area contributed by atoms with Crippen LogP contribution in [0.5, 0.6) is 0 Å². The molecule has 0 aliphatic rings. The molecule has 3 heterocycles. The van der Waals surface area contributed by atoms with Gasteiger partial charge in [-0.15, -0.1) is 11.3 Å². The van der Waals surface area contributed by atoms with E-state index in [0.717, 1.165) is 4.88 Å². The quantitative estimate of drug-likeness (QED) is 0.705. The molecule has 0 spiro atoms. The smallest absolute Gasteiger partial charge is 0.343 e. The summed E-state index contributed by atoms with van der Waals surface area (Å²) in [7, 11) is 3.27. The second-order valence-electron chi connectivity index (χ2n) is 5.26. The van der Waals surface area contributed by atoms with Crippen LogP contribution in [0.4, 0.5) is 13.2 Å². The van der Waals surface area contributed by atoms with Gasteiger partial charge in [-0.25, -0.2) is 0 Å². The summed E-state index contributed by atoms with van der Waals surface area (Å²) in [4.78, 5) is 18.1. The Balaban J connectivity index is 1.80. The molecule has 0 N–H and O–H groups in total. The number of carbonyl (C=O) groups excluding carboxylic acids is 1. The number of hydrogen-bond donors (Lipinski definition) is 0. The van der Waals surface area contributed by atoms with Crippen LogP contribution >= 0.6 is 11.3 Å². The molecule has 0 fully saturated rings. The SMILES string of the molecule is CN(C)C(=O)c1ccnn1Cc1ccc(-c2noc(C(F)(F)F)n2)s1. The van der Waals surface area contributed by atoms with Gasteiger partial charge >= 0.3 is 12.1 Å². The van der Waals surface area contributed by atoms with Crippen LogP contribution in [-0.4, -0.2) is 44.8 Å². The molecule has 0 aromatic carbocycles. The predicted octanol–water partition coefficient (Wildman–Crippen LogP) is 2.76. The van der Waals surface area contributed by atoms with Crippen LogP contribution in [0, 0.1) is 0 Å². The van der Waals surface area contributed by atoms with Crippen molar-refractivity contribution in [3.05, 3.63) is 40.9 Å². The van der Waals surface area contributed by atoms with Crippen molar-refractivity contribution in [2.45, 2.75) is 12.7 Å². The molecule has 132 valence electrons. The molecular weight excluding hydrogens is 359 g/mol. The van der Waals surface area contributed by atoms with E-state index in [0.29, 0.717) is 17.1 Å². The van der Waals surface area contributed by atoms with Crippen molar-refractivity contribution in [3.63, 3.8) is 0 Å². The number of alkyl halides is 3. The molecule has 0 atom stereocenters. The van der Waals surface area contributed by atoms with E-state index in [1.54, 1.807) is 32.3 Å². The zero-order chi connectivity index (χ0) is 18.2. The number of thiophene rings is 1. The first-order valence-corrected chi connectivity index (χ1v) is 7.81. The Bertz CT molecular complexity index is 896. The summed E-state index contributed by atoms with van der Waals surface area (Å²) in [5.74, 6) is -1.71. The first-order valence-electron chi connectivity index (χ1n) is 6.99. The number of aromatic nitrogens is 4. The number of nitrogens with zero attached hydrogens (tertiary/aromatic N) is 5. The number of halogens is 3. The zero-order valence-electron chi connectivity index (χ0n) is 13.1. The summed E-state index contributed by atoms with van der Waals surface area (Å²) in [6.07, 6.45) is -3.16. The third-order valence-electron chi connectivity index (χ3n) is 3.20. The second kappa shape index (κ2) is 6.31. The van der Waals surface area contributed by atoms with Gasteiger partial charge in [-0.3, -0.25) is 9.48 Å². The average Bonchev–Trinajstić information content (AvgIpc) is 3.26. The minimum absolute atomic E-state index is 0.131. The molecule has 25 heavy (non-hydrogen) atoms. The Morgan fingerprint density at radius 2 is 2.08 bits per heavy atom. The van der Waals surface area contributed by atoms with Gasteiger partial charge in [0.15, 0.2) is 0 Å². The summed E-state index contributed by atoms with van der Waals surface area (Å²) in [5.41, 5.74) is 0.416. The Morgan fingerprint density at radius 1 is 1.32 bits per heavy atom. The van der Waals surface area contributed by atoms with E-state index in [2.05, 4.69) is 19.8 Å². The summed E-state index contributed by atoms with van der Waals surface area (Å²) in [6.45, 7) is 0.302. The number of rotatable bonds is 4. The van der Waals surface area contributed by atoms with E-state index in [9.17, 15) is 18.0 Å². The van der Waals surface area contributed by atoms with Gasteiger partial charge in [0.2, 0.25) is 5.82 Å². The van der Waals surface area contributed by atoms with Crippen LogP contribution in [0.1, 0.15) is 21.3 Å². The molecule has 1 amide bonds. The highest BCUT2D eigenvalue weighted by molar-refractivity contribution is 7.15. The molecule has 0 bridgehead atoms. The van der Waals surface area contributed by atoms with E-state index >= 15 is 0 Å². The highest BCUT2D eigenvalue weighted by Gasteiger charge is 2.38. The van der Waals surface area contributed by atoms with Gasteiger partial charge in [-0.2, -0.15) is 23.3 Å². The normalized spacial score (nSPS) is 11.7. The zero-order valence-corrected chi connectivity index (χ0v) is 13.9. The lowest BCUT2D eigenvalue weighted by Gasteiger charge is -2.11. The highest BCUT2D eigenvalue weighted by atomic mass is 32.1. The van der Waals surface area contributed by atoms with Crippen LogP contribution in [0.15, 0.2) is 28.9 Å². The van der Waals surface area contributed by atoms with Crippen molar-refractivity contribution in [2.24, 2.45) is 0 Å². The number of carbonyl (C=O) groups is 1. The van der Waals surface area contributed by atoms with Crippen molar-refractivity contribution in [1.29, 1.82) is 0 Å². The molecule has 3 rings (SSSR count). The first-order chi connectivity index (χ1) is 11.8. The highest BCUT2D eigenvalue weighted by Crippen LogP contribution is 2.31. The van der Waals surface area contributed by atoms with Crippen LogP contribution in [-0.2, 0) is 12.7 Å². The Kier molecular flexibility index (Phi) is 4.33. The van der Waals surface area contributed by atoms with Gasteiger partial charge in [-0.05, 0) is 18.2 Å². The van der Waals surface area contributed by atoms with Crippen molar-refractivity contribution in [2.75, 3.05) is 14.1 Å². The predicted molar refractivity (Wildman–Crippen MR) is 82.0 cm³/mol. The maximum absolute atomic E-state index is 12.5. The molecule has 0 aliphatic carbocycles. The Morgan fingerprint density at radius 3 is 2.72 bits per heavy atom. The van der Waals surface area contributed by atoms with Gasteiger partial charge in [0.05, 0.1) is 11.4 Å². The maximum Gasteiger partial charge on any atom is 0.471 e. The monoisotopic (exact) mass is 371 g/mol. The van der Waals surface area contributed by atoms with Gasteiger partial charge in [0.25, 0.3) is 5.91 Å². The average molecular weight is 371 g/mol. The Labute approximate surface area is 143 Å². The van der Waals surface area contributed by atoms with E-state index in [1.165, 1.54) is 27.1 Å². The molecule has 0 unspecified atom stereocenters. The fourth-order valence-corrected chi connectivity index (χ4v) is 2.95. The van der Waals surface area contributed by atoms with Crippen molar-refractivity contribution >= 4 is 17.2 Å². The fraction of sp³-hybridized carbons (Fsp3) is 0.286. The molecule has 0 aliphatic heterocycles. The van der Waals surface area contributed by atoms with E-state index in [4.69, 9.17) is 0 Å². The lowest BCUT2D eigenvalue weighted by molar-refractivity contribution is -0.159. The van der Waals surface area contributed by atoms with Gasteiger partial charge in [-0.1, -0.05) is 5.16 Å². The fourth-order valence-electron chi connectivity index (χ4n) is 2.04. The third-order valence-corrected chi connectivity index (χ3v) is 4.26. The summed E-state index contributed by atoms with van der Waals surface area (Å²) in [6, 6.07) is 4.92. The van der Waals surface area contributed by atoms with Crippen molar-refractivity contribution < 1.29 is 22.5 Å². The third kappa shape index (κ3) is 3.55. The maximum atomic E-state index is 12.5. The molecule has 11 heteroatoms. The standard InChI is InChI=1S/C14H12F3N5O2S/c1-21(2)12(23)9-5-6-18-22(9)7-8-3-4-10(25-8)11-19-13(24-20-11)14(15,16)17/h3-6H,7H2,1-2H3. The van der Waals surface area contributed by atoms with Crippen LogP contribution in [0.2, 0.25) is 0 Å². The molecule has 0 saturated carbocycles. The first kappa shape index (κ1) is 17.1. The van der Waals surface area contributed by atoms with Crippen LogP contribution in [0.3, 0.4) is 0 Å². The van der Waals surface area contributed by atoms with E-state index in [1.807, 2.05) is 0 Å². The van der Waals surface area contributed by atoms with E-state index < -0.39 is 12.1 Å². The Hall–Kier alpha value is -2.69. The minimum Gasteiger partial charge on any atom is -0.343 e. The number of hydrogen-bond acceptors (Lipinski definition) is 6. The van der Waals surface area contributed by atoms with E-state index in [-0.39, 0.29) is 11.7 Å². The molecule has 3 aromatic rings. The minimum atomic E-state index is -4.68. The lowest BCUT2D eigenvalue weighted by Crippen LogP contribution is -2.25. The number of amides is 1. The molecule has 3 aromatic heterocycles. The van der Waals surface area contributed by atoms with Crippen LogP contribution in [0.25, 0.3) is 10.7 Å². The summed E-state index contributed by atoms with van der Waals surface area (Å²) >= 11 is 1.20. The molecule has 0 saturated heterocycles. The van der Waals surface area contributed by atoms with Gasteiger partial charge in [0, 0.05) is 25.2 Å². The van der Waals surface area contributed by atoms with Crippen molar-refractivity contribution in [3.8, 4) is 10.7 Å². The largest absolute Gasteiger partial charge is 0.471 e.